The molecule has 4 aromatic carbocycles. The van der Waals surface area contributed by atoms with Gasteiger partial charge >= 0.3 is 12.1 Å². The Balaban J connectivity index is 0.000000208. The second kappa shape index (κ2) is 16.9. The number of phenolic OH excluding ortho intramolecular Hbond substituents is 1. The monoisotopic (exact) mass is 791 g/mol. The van der Waals surface area contributed by atoms with Gasteiger partial charge in [0.1, 0.15) is 70.1 Å². The smallest absolute Gasteiger partial charge is 0.417 e. The molecule has 0 bridgehead atoms. The molecule has 294 valence electrons. The normalized spacial score (nSPS) is 11.3. The molecule has 10 nitrogen and oxygen atoms in total. The summed E-state index contributed by atoms with van der Waals surface area (Å²) >= 11 is 0. The van der Waals surface area contributed by atoms with Crippen molar-refractivity contribution < 1.29 is 45.3 Å². The van der Waals surface area contributed by atoms with Gasteiger partial charge in [0.25, 0.3) is 0 Å². The molecule has 7 aromatic rings. The first kappa shape index (κ1) is 39.9. The summed E-state index contributed by atoms with van der Waals surface area (Å²) < 4.78 is 100. The molecule has 0 unspecified atom stereocenters. The highest BCUT2D eigenvalue weighted by molar-refractivity contribution is 5.90. The highest BCUT2D eigenvalue weighted by Crippen LogP contribution is 2.32. The van der Waals surface area contributed by atoms with E-state index in [1.807, 2.05) is 19.1 Å². The minimum atomic E-state index is -4.61. The second-order valence-electron chi connectivity index (χ2n) is 12.7. The van der Waals surface area contributed by atoms with Crippen LogP contribution in [0.2, 0.25) is 0 Å². The van der Waals surface area contributed by atoms with Crippen LogP contribution in [0.4, 0.5) is 42.4 Å². The van der Waals surface area contributed by atoms with Gasteiger partial charge in [-0.25, -0.2) is 37.5 Å². The number of nitrogens with zero attached hydrogens (tertiary/aromatic N) is 5. The Kier molecular flexibility index (Phi) is 11.9. The van der Waals surface area contributed by atoms with E-state index in [0.29, 0.717) is 43.6 Å². The minimum Gasteiger partial charge on any atom is -0.616 e. The predicted molar refractivity (Wildman–Crippen MR) is 198 cm³/mol. The van der Waals surface area contributed by atoms with Gasteiger partial charge in [0.15, 0.2) is 6.20 Å². The number of hydrogen-bond donors (Lipinski definition) is 3. The largest absolute Gasteiger partial charge is 0.616 e. The van der Waals surface area contributed by atoms with E-state index in [1.54, 1.807) is 31.2 Å². The standard InChI is InChI=1S/C23H17F5N4O2.C17H15F2N3O/c1-13-10-14(2-5-18(13)34-19-11-15(23(26,27)28)7-9-32(19)33)6-8-29-22-20-16(24)3-4-17(25)21(20)30-12-31-22;1-10-8-11(2-5-14(10)23)6-7-20-17-15-12(18)3-4-13(19)16(15)21-9-22-17/h2-5,7,9-12H,6,8H2,1H3,(H,29,30,31);2-5,8-9,23H,6-7H2,1H3,(H,20,21,22). The van der Waals surface area contributed by atoms with Gasteiger partial charge in [-0.2, -0.15) is 13.2 Å². The molecule has 0 saturated heterocycles. The van der Waals surface area contributed by atoms with Crippen LogP contribution in [0.3, 0.4) is 0 Å². The summed E-state index contributed by atoms with van der Waals surface area (Å²) in [4.78, 5) is 15.6. The first-order valence-corrected chi connectivity index (χ1v) is 17.2. The number of fused-ring (bicyclic) bond motifs is 2. The predicted octanol–water partition coefficient (Wildman–Crippen LogP) is 8.89. The zero-order valence-corrected chi connectivity index (χ0v) is 30.1. The number of nitrogens with one attached hydrogen (secondary N) is 2. The maximum atomic E-state index is 14.2. The van der Waals surface area contributed by atoms with Gasteiger partial charge < -0.3 is 25.7 Å². The van der Waals surface area contributed by atoms with Gasteiger partial charge in [0.2, 0.25) is 0 Å². The molecule has 3 aromatic heterocycles. The van der Waals surface area contributed by atoms with Crippen LogP contribution in [0.15, 0.2) is 91.6 Å². The lowest BCUT2D eigenvalue weighted by atomic mass is 10.1. The number of halogens is 7. The van der Waals surface area contributed by atoms with Crippen LogP contribution in [0, 0.1) is 42.3 Å². The third kappa shape index (κ3) is 9.37. The Morgan fingerprint density at radius 2 is 1.18 bits per heavy atom. The van der Waals surface area contributed by atoms with Crippen LogP contribution in [0.5, 0.6) is 17.4 Å². The van der Waals surface area contributed by atoms with Gasteiger partial charge in [-0.3, -0.25) is 0 Å². The first-order valence-electron chi connectivity index (χ1n) is 17.2. The van der Waals surface area contributed by atoms with Crippen LogP contribution in [0.25, 0.3) is 21.8 Å². The molecule has 17 heteroatoms. The maximum absolute atomic E-state index is 14.2. The lowest BCUT2D eigenvalue weighted by Gasteiger charge is -2.12. The molecule has 0 fully saturated rings. The summed E-state index contributed by atoms with van der Waals surface area (Å²) in [6.07, 6.45) is -0.406. The van der Waals surface area contributed by atoms with Crippen molar-refractivity contribution in [1.29, 1.82) is 0 Å². The topological polar surface area (TPSA) is 132 Å². The molecule has 7 rings (SSSR count). The Bertz CT molecular complexity index is 2570. The van der Waals surface area contributed by atoms with Crippen LogP contribution >= 0.6 is 0 Å². The number of anilines is 2. The van der Waals surface area contributed by atoms with E-state index in [9.17, 15) is 41.0 Å². The van der Waals surface area contributed by atoms with E-state index < -0.39 is 40.9 Å². The SMILES string of the molecule is Cc1cc(CCNc2ncnc3c(F)ccc(F)c23)ccc1O.Cc1cc(CCNc2ncnc3c(F)ccc(F)c23)ccc1Oc1cc(C(F)(F)F)cc[n+]1[O-]. The van der Waals surface area contributed by atoms with Crippen molar-refractivity contribution in [2.45, 2.75) is 32.9 Å². The second-order valence-corrected chi connectivity index (χ2v) is 12.7. The van der Waals surface area contributed by atoms with E-state index in [1.165, 1.54) is 6.33 Å². The molecule has 0 amide bonds. The van der Waals surface area contributed by atoms with Gasteiger partial charge in [0, 0.05) is 19.2 Å². The van der Waals surface area contributed by atoms with E-state index >= 15 is 0 Å². The van der Waals surface area contributed by atoms with Crippen LogP contribution in [-0.4, -0.2) is 38.1 Å². The number of ether oxygens (including phenoxy) is 1. The summed E-state index contributed by atoms with van der Waals surface area (Å²) in [5, 5.41) is 27.4. The van der Waals surface area contributed by atoms with Crippen molar-refractivity contribution in [2.75, 3.05) is 23.7 Å². The number of hydrogen-bond acceptors (Lipinski definition) is 9. The number of benzene rings is 4. The maximum Gasteiger partial charge on any atom is 0.417 e. The van der Waals surface area contributed by atoms with Crippen molar-refractivity contribution in [3.8, 4) is 17.4 Å². The summed E-state index contributed by atoms with van der Waals surface area (Å²) in [5.74, 6) is -2.06. The highest BCUT2D eigenvalue weighted by atomic mass is 19.4. The molecule has 0 spiro atoms. The lowest BCUT2D eigenvalue weighted by molar-refractivity contribution is -0.611. The number of aromatic hydroxyl groups is 1. The van der Waals surface area contributed by atoms with E-state index in [0.717, 1.165) is 53.5 Å². The minimum absolute atomic E-state index is 0.0389. The fraction of sp³-hybridized carbons (Fsp3) is 0.175. The molecule has 0 saturated carbocycles. The van der Waals surface area contributed by atoms with Gasteiger partial charge in [-0.1, -0.05) is 24.3 Å². The van der Waals surface area contributed by atoms with Crippen molar-refractivity contribution in [2.24, 2.45) is 0 Å². The summed E-state index contributed by atoms with van der Waals surface area (Å²) in [7, 11) is 0. The number of pyridine rings is 1. The number of rotatable bonds is 10. The molecule has 0 aliphatic heterocycles. The molecular weight excluding hydrogens is 759 g/mol. The fourth-order valence-electron chi connectivity index (χ4n) is 5.81. The molecule has 0 aliphatic carbocycles. The number of aryl methyl sites for hydroxylation is 2. The van der Waals surface area contributed by atoms with Crippen LogP contribution in [0.1, 0.15) is 27.8 Å². The summed E-state index contributed by atoms with van der Waals surface area (Å²) in [5.41, 5.74) is 2.09. The summed E-state index contributed by atoms with van der Waals surface area (Å²) in [6.45, 7) is 4.33. The van der Waals surface area contributed by atoms with Gasteiger partial charge in [-0.15, -0.1) is 4.73 Å². The van der Waals surface area contributed by atoms with E-state index in [4.69, 9.17) is 4.74 Å². The Morgan fingerprint density at radius 3 is 1.68 bits per heavy atom. The Hall–Kier alpha value is -6.78. The zero-order chi connectivity index (χ0) is 40.9. The molecule has 0 atom stereocenters. The molecule has 0 aliphatic rings. The number of alkyl halides is 3. The highest BCUT2D eigenvalue weighted by Gasteiger charge is 2.33. The van der Waals surface area contributed by atoms with Gasteiger partial charge in [0.05, 0.1) is 22.4 Å². The third-order valence-corrected chi connectivity index (χ3v) is 8.72. The zero-order valence-electron chi connectivity index (χ0n) is 30.1. The third-order valence-electron chi connectivity index (χ3n) is 8.72. The van der Waals surface area contributed by atoms with Crippen molar-refractivity contribution in [1.82, 2.24) is 19.9 Å². The fourth-order valence-corrected chi connectivity index (χ4v) is 5.81. The Labute approximate surface area is 320 Å². The molecule has 0 radical (unpaired) electrons. The number of aromatic nitrogens is 5. The van der Waals surface area contributed by atoms with Crippen molar-refractivity contribution in [3.05, 3.63) is 148 Å². The van der Waals surface area contributed by atoms with Gasteiger partial charge in [-0.05, 0) is 85.3 Å². The van der Waals surface area contributed by atoms with Crippen LogP contribution < -0.4 is 20.1 Å². The Morgan fingerprint density at radius 1 is 0.667 bits per heavy atom. The first-order chi connectivity index (χ1) is 27.2. The van der Waals surface area contributed by atoms with Crippen molar-refractivity contribution in [3.63, 3.8) is 0 Å². The lowest BCUT2D eigenvalue weighted by Crippen LogP contribution is -2.28. The van der Waals surface area contributed by atoms with Crippen molar-refractivity contribution >= 4 is 33.4 Å². The average Bonchev–Trinajstić information content (AvgIpc) is 3.18. The molecular formula is C40H32F7N7O3. The van der Waals surface area contributed by atoms with E-state index in [-0.39, 0.29) is 49.7 Å². The average molecular weight is 792 g/mol. The molecule has 57 heavy (non-hydrogen) atoms. The number of phenols is 1. The quantitative estimate of drug-likeness (QED) is 0.0706. The van der Waals surface area contributed by atoms with E-state index in [2.05, 4.69) is 30.6 Å². The molecule has 3 N–H and O–H groups in total. The molecule has 3 heterocycles. The van der Waals surface area contributed by atoms with Crippen LogP contribution in [-0.2, 0) is 19.0 Å². The summed E-state index contributed by atoms with van der Waals surface area (Å²) in [6, 6.07) is 15.7.